The van der Waals surface area contributed by atoms with Crippen LogP contribution in [0.4, 0.5) is 0 Å². The molecule has 0 atom stereocenters. The third-order valence-electron chi connectivity index (χ3n) is 4.11. The minimum Gasteiger partial charge on any atom is -0.454 e. The fourth-order valence-electron chi connectivity index (χ4n) is 2.73. The molecule has 0 bridgehead atoms. The highest BCUT2D eigenvalue weighted by Crippen LogP contribution is 2.32. The van der Waals surface area contributed by atoms with Crippen molar-refractivity contribution in [2.75, 3.05) is 6.79 Å². The number of hydrogen-bond acceptors (Lipinski definition) is 6. The van der Waals surface area contributed by atoms with Crippen LogP contribution in [-0.4, -0.2) is 27.4 Å². The van der Waals surface area contributed by atoms with E-state index in [4.69, 9.17) is 14.0 Å². The number of carbonyl (C=O) groups is 1. The van der Waals surface area contributed by atoms with E-state index < -0.39 is 0 Å². The standard InChI is InChI=1S/C19H18N4O4/c1-2-23-9-3-4-14(23)19-21-18(27-22-19)11-20-17(24)8-6-13-5-7-15-16(10-13)26-12-25-15/h3-10H,2,11-12H2,1H3,(H,20,24)/b8-6+. The topological polar surface area (TPSA) is 91.4 Å². The second kappa shape index (κ2) is 7.36. The molecule has 8 heteroatoms. The second-order valence-corrected chi connectivity index (χ2v) is 5.86. The molecule has 0 unspecified atom stereocenters. The van der Waals surface area contributed by atoms with Gasteiger partial charge in [-0.25, -0.2) is 0 Å². The predicted octanol–water partition coefficient (Wildman–Crippen LogP) is 2.62. The summed E-state index contributed by atoms with van der Waals surface area (Å²) in [6.07, 6.45) is 5.09. The van der Waals surface area contributed by atoms with Crippen LogP contribution < -0.4 is 14.8 Å². The average molecular weight is 366 g/mol. The van der Waals surface area contributed by atoms with Crippen LogP contribution in [0.15, 0.2) is 47.1 Å². The summed E-state index contributed by atoms with van der Waals surface area (Å²) in [5, 5.41) is 6.69. The number of aromatic nitrogens is 3. The monoisotopic (exact) mass is 366 g/mol. The van der Waals surface area contributed by atoms with Crippen molar-refractivity contribution >= 4 is 12.0 Å². The van der Waals surface area contributed by atoms with Crippen LogP contribution in [-0.2, 0) is 17.9 Å². The van der Waals surface area contributed by atoms with Crippen molar-refractivity contribution in [2.45, 2.75) is 20.0 Å². The lowest BCUT2D eigenvalue weighted by molar-refractivity contribution is -0.116. The lowest BCUT2D eigenvalue weighted by atomic mass is 10.2. The molecule has 0 saturated carbocycles. The van der Waals surface area contributed by atoms with Crippen LogP contribution in [0.5, 0.6) is 11.5 Å². The van der Waals surface area contributed by atoms with E-state index in [1.807, 2.05) is 48.0 Å². The van der Waals surface area contributed by atoms with Crippen LogP contribution in [0.2, 0.25) is 0 Å². The first-order valence-corrected chi connectivity index (χ1v) is 8.56. The van der Waals surface area contributed by atoms with Gasteiger partial charge in [-0.05, 0) is 42.8 Å². The van der Waals surface area contributed by atoms with E-state index in [9.17, 15) is 4.79 Å². The molecule has 3 heterocycles. The molecule has 1 N–H and O–H groups in total. The number of aryl methyl sites for hydroxylation is 1. The number of fused-ring (bicyclic) bond motifs is 1. The van der Waals surface area contributed by atoms with E-state index >= 15 is 0 Å². The number of nitrogens with one attached hydrogen (secondary N) is 1. The van der Waals surface area contributed by atoms with E-state index in [1.54, 1.807) is 6.08 Å². The summed E-state index contributed by atoms with van der Waals surface area (Å²) >= 11 is 0. The van der Waals surface area contributed by atoms with Crippen LogP contribution >= 0.6 is 0 Å². The third-order valence-corrected chi connectivity index (χ3v) is 4.11. The van der Waals surface area contributed by atoms with Gasteiger partial charge in [-0.1, -0.05) is 11.2 Å². The van der Waals surface area contributed by atoms with Gasteiger partial charge in [-0.3, -0.25) is 4.79 Å². The first-order chi connectivity index (χ1) is 13.2. The second-order valence-electron chi connectivity index (χ2n) is 5.86. The Hall–Kier alpha value is -3.55. The highest BCUT2D eigenvalue weighted by molar-refractivity contribution is 5.91. The van der Waals surface area contributed by atoms with Crippen molar-refractivity contribution in [3.8, 4) is 23.0 Å². The van der Waals surface area contributed by atoms with Gasteiger partial charge in [0.25, 0.3) is 0 Å². The summed E-state index contributed by atoms with van der Waals surface area (Å²) in [5.74, 6) is 1.97. The molecule has 2 aromatic heterocycles. The molecule has 0 aliphatic carbocycles. The molecule has 0 fully saturated rings. The Morgan fingerprint density at radius 3 is 3.07 bits per heavy atom. The zero-order valence-electron chi connectivity index (χ0n) is 14.7. The summed E-state index contributed by atoms with van der Waals surface area (Å²) in [6, 6.07) is 9.33. The van der Waals surface area contributed by atoms with E-state index in [-0.39, 0.29) is 19.2 Å². The molecular formula is C19H18N4O4. The molecule has 138 valence electrons. The van der Waals surface area contributed by atoms with Gasteiger partial charge in [0.1, 0.15) is 0 Å². The molecule has 4 rings (SSSR count). The van der Waals surface area contributed by atoms with Crippen LogP contribution in [0.1, 0.15) is 18.4 Å². The van der Waals surface area contributed by atoms with Crippen molar-refractivity contribution in [2.24, 2.45) is 0 Å². The maximum atomic E-state index is 12.0. The minimum absolute atomic E-state index is 0.157. The molecular weight excluding hydrogens is 348 g/mol. The molecule has 1 aromatic carbocycles. The summed E-state index contributed by atoms with van der Waals surface area (Å²) < 4.78 is 17.8. The van der Waals surface area contributed by atoms with Gasteiger partial charge in [-0.15, -0.1) is 0 Å². The average Bonchev–Trinajstić information content (AvgIpc) is 3.43. The van der Waals surface area contributed by atoms with Crippen LogP contribution in [0.3, 0.4) is 0 Å². The molecule has 0 saturated heterocycles. The summed E-state index contributed by atoms with van der Waals surface area (Å²) in [6.45, 7) is 3.23. The van der Waals surface area contributed by atoms with E-state index in [1.165, 1.54) is 6.08 Å². The largest absolute Gasteiger partial charge is 0.454 e. The first-order valence-electron chi connectivity index (χ1n) is 8.56. The van der Waals surface area contributed by atoms with Gasteiger partial charge < -0.3 is 23.9 Å². The Bertz CT molecular complexity index is 989. The number of hydrogen-bond donors (Lipinski definition) is 1. The summed E-state index contributed by atoms with van der Waals surface area (Å²) in [4.78, 5) is 16.3. The number of nitrogens with zero attached hydrogens (tertiary/aromatic N) is 3. The Kier molecular flexibility index (Phi) is 4.61. The molecule has 1 amide bonds. The Balaban J connectivity index is 1.34. The quantitative estimate of drug-likeness (QED) is 0.674. The van der Waals surface area contributed by atoms with Crippen molar-refractivity contribution < 1.29 is 18.8 Å². The lowest BCUT2D eigenvalue weighted by Gasteiger charge is -2.00. The number of rotatable bonds is 6. The summed E-state index contributed by atoms with van der Waals surface area (Å²) in [7, 11) is 0. The Morgan fingerprint density at radius 2 is 2.19 bits per heavy atom. The molecule has 1 aliphatic heterocycles. The lowest BCUT2D eigenvalue weighted by Crippen LogP contribution is -2.20. The van der Waals surface area contributed by atoms with Gasteiger partial charge in [0.2, 0.25) is 24.4 Å². The fraction of sp³-hybridized carbons (Fsp3) is 0.211. The highest BCUT2D eigenvalue weighted by Gasteiger charge is 2.13. The van der Waals surface area contributed by atoms with Crippen molar-refractivity contribution in [1.29, 1.82) is 0 Å². The maximum Gasteiger partial charge on any atom is 0.246 e. The van der Waals surface area contributed by atoms with E-state index in [0.29, 0.717) is 23.2 Å². The van der Waals surface area contributed by atoms with E-state index in [0.717, 1.165) is 17.8 Å². The van der Waals surface area contributed by atoms with Crippen molar-refractivity contribution in [1.82, 2.24) is 20.0 Å². The number of carbonyl (C=O) groups excluding carboxylic acids is 1. The van der Waals surface area contributed by atoms with Gasteiger partial charge in [0.05, 0.1) is 12.2 Å². The number of benzene rings is 1. The Labute approximate surface area is 155 Å². The van der Waals surface area contributed by atoms with Crippen molar-refractivity contribution in [3.05, 3.63) is 54.1 Å². The van der Waals surface area contributed by atoms with Gasteiger partial charge in [0, 0.05) is 18.8 Å². The molecule has 8 nitrogen and oxygen atoms in total. The van der Waals surface area contributed by atoms with Gasteiger partial charge in [0.15, 0.2) is 11.5 Å². The van der Waals surface area contributed by atoms with Gasteiger partial charge >= 0.3 is 0 Å². The molecule has 0 radical (unpaired) electrons. The SMILES string of the molecule is CCn1cccc1-c1noc(CNC(=O)/C=C/c2ccc3c(c2)OCO3)n1. The zero-order chi connectivity index (χ0) is 18.6. The fourth-order valence-corrected chi connectivity index (χ4v) is 2.73. The smallest absolute Gasteiger partial charge is 0.246 e. The molecule has 3 aromatic rings. The summed E-state index contributed by atoms with van der Waals surface area (Å²) in [5.41, 5.74) is 1.72. The molecule has 0 spiro atoms. The maximum absolute atomic E-state index is 12.0. The number of amides is 1. The first kappa shape index (κ1) is 16.9. The predicted molar refractivity (Wildman–Crippen MR) is 96.8 cm³/mol. The number of ether oxygens (including phenoxy) is 2. The Morgan fingerprint density at radius 1 is 1.30 bits per heavy atom. The van der Waals surface area contributed by atoms with Crippen LogP contribution in [0, 0.1) is 0 Å². The molecule has 1 aliphatic rings. The third kappa shape index (κ3) is 3.69. The van der Waals surface area contributed by atoms with Gasteiger partial charge in [-0.2, -0.15) is 4.98 Å². The normalized spacial score (nSPS) is 12.6. The zero-order valence-corrected chi connectivity index (χ0v) is 14.7. The molecule has 27 heavy (non-hydrogen) atoms. The van der Waals surface area contributed by atoms with Crippen LogP contribution in [0.25, 0.3) is 17.6 Å². The van der Waals surface area contributed by atoms with E-state index in [2.05, 4.69) is 15.5 Å². The highest BCUT2D eigenvalue weighted by atomic mass is 16.7. The van der Waals surface area contributed by atoms with Crippen molar-refractivity contribution in [3.63, 3.8) is 0 Å². The minimum atomic E-state index is -0.260.